The summed E-state index contributed by atoms with van der Waals surface area (Å²) in [5.74, 6) is -2.22. The highest BCUT2D eigenvalue weighted by atomic mass is 19.1. The molecule has 3 rings (SSSR count). The fraction of sp³-hybridized carbons (Fsp3) is 0.273. The van der Waals surface area contributed by atoms with E-state index in [0.29, 0.717) is 17.7 Å². The van der Waals surface area contributed by atoms with E-state index in [1.807, 2.05) is 19.0 Å². The number of phenolic OH excluding ortho intramolecular Hbond substituents is 1. The van der Waals surface area contributed by atoms with Crippen LogP contribution in [0.15, 0.2) is 48.0 Å². The van der Waals surface area contributed by atoms with Crippen molar-refractivity contribution in [3.63, 3.8) is 0 Å². The Balaban J connectivity index is 2.15. The highest BCUT2D eigenvalue weighted by Crippen LogP contribution is 2.39. The van der Waals surface area contributed by atoms with E-state index in [-0.39, 0.29) is 29.2 Å². The smallest absolute Gasteiger partial charge is 0.295 e. The molecule has 1 atom stereocenters. The minimum absolute atomic E-state index is 0.0492. The quantitative estimate of drug-likeness (QED) is 0.460. The van der Waals surface area contributed by atoms with Crippen molar-refractivity contribution in [2.75, 3.05) is 27.2 Å². The zero-order chi connectivity index (χ0) is 21.3. The van der Waals surface area contributed by atoms with Gasteiger partial charge in [-0.05, 0) is 62.5 Å². The molecular weight excluding hydrogens is 375 g/mol. The van der Waals surface area contributed by atoms with Crippen LogP contribution in [0.5, 0.6) is 5.75 Å². The standard InChI is InChI=1S/C22H23FN2O4/c1-13-12-15(6-9-17(13)23)20(27)18-19(14-4-7-16(26)8-5-14)25(11-10-24(2)3)22(29)21(18)28/h4-9,12,19,26-27H,10-11H2,1-3H3/b20-18-. The van der Waals surface area contributed by atoms with Crippen LogP contribution in [0, 0.1) is 12.7 Å². The van der Waals surface area contributed by atoms with Gasteiger partial charge in [0.05, 0.1) is 11.6 Å². The molecule has 1 amide bonds. The number of aryl methyl sites for hydroxylation is 1. The van der Waals surface area contributed by atoms with Crippen LogP contribution in [0.1, 0.15) is 22.7 Å². The lowest BCUT2D eigenvalue weighted by molar-refractivity contribution is -0.140. The highest BCUT2D eigenvalue weighted by molar-refractivity contribution is 6.46. The van der Waals surface area contributed by atoms with Gasteiger partial charge in [0.25, 0.3) is 11.7 Å². The van der Waals surface area contributed by atoms with Crippen LogP contribution in [0.25, 0.3) is 5.76 Å². The van der Waals surface area contributed by atoms with Gasteiger partial charge in [-0.25, -0.2) is 4.39 Å². The second kappa shape index (κ2) is 8.05. The number of benzene rings is 2. The van der Waals surface area contributed by atoms with Crippen molar-refractivity contribution in [3.8, 4) is 5.75 Å². The van der Waals surface area contributed by atoms with E-state index in [9.17, 15) is 24.2 Å². The summed E-state index contributed by atoms with van der Waals surface area (Å²) in [6.07, 6.45) is 0. The Labute approximate surface area is 168 Å². The van der Waals surface area contributed by atoms with Gasteiger partial charge < -0.3 is 20.0 Å². The summed E-state index contributed by atoms with van der Waals surface area (Å²) in [4.78, 5) is 28.9. The molecule has 1 saturated heterocycles. The SMILES string of the molecule is Cc1cc(/C(O)=C2/C(=O)C(=O)N(CCN(C)C)C2c2ccc(O)cc2)ccc1F. The Bertz CT molecular complexity index is 983. The van der Waals surface area contributed by atoms with E-state index in [0.717, 1.165) is 0 Å². The molecular formula is C22H23FN2O4. The molecule has 7 heteroatoms. The van der Waals surface area contributed by atoms with Crippen molar-refractivity contribution in [1.29, 1.82) is 0 Å². The first-order valence-corrected chi connectivity index (χ1v) is 9.19. The molecule has 0 bridgehead atoms. The summed E-state index contributed by atoms with van der Waals surface area (Å²) in [5.41, 5.74) is 1.11. The van der Waals surface area contributed by atoms with Crippen LogP contribution >= 0.6 is 0 Å². The molecule has 0 aromatic heterocycles. The number of halogens is 1. The van der Waals surface area contributed by atoms with E-state index in [4.69, 9.17) is 0 Å². The maximum atomic E-state index is 13.6. The van der Waals surface area contributed by atoms with Crippen LogP contribution in [-0.2, 0) is 9.59 Å². The predicted molar refractivity (Wildman–Crippen MR) is 107 cm³/mol. The fourth-order valence-corrected chi connectivity index (χ4v) is 3.37. The Morgan fingerprint density at radius 2 is 1.79 bits per heavy atom. The molecule has 0 aliphatic carbocycles. The molecule has 29 heavy (non-hydrogen) atoms. The normalized spacial score (nSPS) is 18.7. The van der Waals surface area contributed by atoms with Crippen molar-refractivity contribution in [2.24, 2.45) is 0 Å². The molecule has 2 aromatic rings. The van der Waals surface area contributed by atoms with E-state index < -0.39 is 23.5 Å². The van der Waals surface area contributed by atoms with E-state index in [1.54, 1.807) is 19.1 Å². The summed E-state index contributed by atoms with van der Waals surface area (Å²) >= 11 is 0. The molecule has 1 unspecified atom stereocenters. The minimum atomic E-state index is -0.805. The summed E-state index contributed by atoms with van der Waals surface area (Å²) in [5, 5.41) is 20.5. The van der Waals surface area contributed by atoms with E-state index >= 15 is 0 Å². The third-order valence-corrected chi connectivity index (χ3v) is 4.97. The van der Waals surface area contributed by atoms with Crippen LogP contribution in [0.2, 0.25) is 0 Å². The van der Waals surface area contributed by atoms with Crippen molar-refractivity contribution in [2.45, 2.75) is 13.0 Å². The Morgan fingerprint density at radius 3 is 2.38 bits per heavy atom. The number of carbonyl (C=O) groups is 2. The minimum Gasteiger partial charge on any atom is -0.508 e. The van der Waals surface area contributed by atoms with Gasteiger partial charge in [-0.1, -0.05) is 12.1 Å². The van der Waals surface area contributed by atoms with Gasteiger partial charge in [0.1, 0.15) is 17.3 Å². The molecule has 0 radical (unpaired) electrons. The molecule has 1 aliphatic rings. The van der Waals surface area contributed by atoms with Crippen molar-refractivity contribution >= 4 is 17.4 Å². The fourth-order valence-electron chi connectivity index (χ4n) is 3.37. The summed E-state index contributed by atoms with van der Waals surface area (Å²) in [7, 11) is 3.71. The average Bonchev–Trinajstić information content (AvgIpc) is 2.93. The van der Waals surface area contributed by atoms with Crippen LogP contribution in [0.4, 0.5) is 4.39 Å². The van der Waals surface area contributed by atoms with Crippen molar-refractivity contribution < 1.29 is 24.2 Å². The number of hydrogen-bond donors (Lipinski definition) is 2. The summed E-state index contributed by atoms with van der Waals surface area (Å²) in [6, 6.07) is 9.36. The molecule has 2 N–H and O–H groups in total. The number of amides is 1. The predicted octanol–water partition coefficient (Wildman–Crippen LogP) is 2.82. The van der Waals surface area contributed by atoms with E-state index in [2.05, 4.69) is 0 Å². The number of carbonyl (C=O) groups excluding carboxylic acids is 2. The lowest BCUT2D eigenvalue weighted by Crippen LogP contribution is -2.35. The van der Waals surface area contributed by atoms with Crippen molar-refractivity contribution in [3.05, 3.63) is 70.5 Å². The number of nitrogens with zero attached hydrogens (tertiary/aromatic N) is 2. The average molecular weight is 398 g/mol. The Hall–Kier alpha value is -3.19. The third-order valence-electron chi connectivity index (χ3n) is 4.97. The zero-order valence-corrected chi connectivity index (χ0v) is 16.5. The van der Waals surface area contributed by atoms with Gasteiger partial charge in [-0.3, -0.25) is 9.59 Å². The summed E-state index contributed by atoms with van der Waals surface area (Å²) < 4.78 is 13.6. The first-order chi connectivity index (χ1) is 13.7. The van der Waals surface area contributed by atoms with Gasteiger partial charge in [0, 0.05) is 18.7 Å². The van der Waals surface area contributed by atoms with Gasteiger partial charge in [0.15, 0.2) is 0 Å². The van der Waals surface area contributed by atoms with Crippen LogP contribution in [-0.4, -0.2) is 58.9 Å². The first kappa shape index (κ1) is 20.5. The monoisotopic (exact) mass is 398 g/mol. The molecule has 1 aliphatic heterocycles. The molecule has 1 heterocycles. The van der Waals surface area contributed by atoms with Gasteiger partial charge in [0.2, 0.25) is 0 Å². The molecule has 2 aromatic carbocycles. The number of rotatable bonds is 5. The molecule has 0 saturated carbocycles. The number of Topliss-reactive ketones (excluding diaryl/α,β-unsaturated/α-hetero) is 1. The van der Waals surface area contributed by atoms with Gasteiger partial charge in [-0.15, -0.1) is 0 Å². The molecule has 1 fully saturated rings. The molecule has 6 nitrogen and oxygen atoms in total. The lowest BCUT2D eigenvalue weighted by Gasteiger charge is -2.26. The summed E-state index contributed by atoms with van der Waals surface area (Å²) in [6.45, 7) is 2.36. The highest BCUT2D eigenvalue weighted by Gasteiger charge is 2.45. The van der Waals surface area contributed by atoms with Gasteiger partial charge >= 0.3 is 0 Å². The number of likely N-dealkylation sites (tertiary alicyclic amines) is 1. The van der Waals surface area contributed by atoms with Crippen LogP contribution < -0.4 is 0 Å². The number of ketones is 1. The molecule has 0 spiro atoms. The maximum Gasteiger partial charge on any atom is 0.295 e. The van der Waals surface area contributed by atoms with E-state index in [1.165, 1.54) is 35.2 Å². The molecule has 152 valence electrons. The van der Waals surface area contributed by atoms with Gasteiger partial charge in [-0.2, -0.15) is 0 Å². The first-order valence-electron chi connectivity index (χ1n) is 9.19. The third kappa shape index (κ3) is 4.00. The lowest BCUT2D eigenvalue weighted by atomic mass is 9.94. The topological polar surface area (TPSA) is 81.1 Å². The number of aromatic hydroxyl groups is 1. The number of aliphatic hydroxyl groups is 1. The van der Waals surface area contributed by atoms with Crippen LogP contribution in [0.3, 0.4) is 0 Å². The largest absolute Gasteiger partial charge is 0.508 e. The number of likely N-dealkylation sites (N-methyl/N-ethyl adjacent to an activating group) is 1. The number of hydrogen-bond acceptors (Lipinski definition) is 5. The second-order valence-corrected chi connectivity index (χ2v) is 7.35. The number of phenols is 1. The second-order valence-electron chi connectivity index (χ2n) is 7.35. The Morgan fingerprint density at radius 1 is 1.14 bits per heavy atom. The maximum absolute atomic E-state index is 13.6. The number of aliphatic hydroxyl groups excluding tert-OH is 1. The van der Waals surface area contributed by atoms with Crippen molar-refractivity contribution in [1.82, 2.24) is 9.80 Å². The Kier molecular flexibility index (Phi) is 5.70. The zero-order valence-electron chi connectivity index (χ0n) is 16.5.